The molecule has 0 aliphatic heterocycles. The van der Waals surface area contributed by atoms with Crippen LogP contribution in [0.4, 0.5) is 4.39 Å². The fourth-order valence-corrected chi connectivity index (χ4v) is 2.50. The highest BCUT2D eigenvalue weighted by molar-refractivity contribution is 7.90. The number of hydrogen-bond donors (Lipinski definition) is 0. The average Bonchev–Trinajstić information content (AvgIpc) is 2.38. The summed E-state index contributed by atoms with van der Waals surface area (Å²) in [4.78, 5) is 12.2. The zero-order chi connectivity index (χ0) is 14.8. The molecule has 0 unspecified atom stereocenters. The molecule has 0 heterocycles. The summed E-state index contributed by atoms with van der Waals surface area (Å²) in [6.07, 6.45) is 1.12. The van der Waals surface area contributed by atoms with Gasteiger partial charge in [-0.05, 0) is 29.8 Å². The molecule has 0 aromatic heterocycles. The molecule has 0 bridgehead atoms. The van der Waals surface area contributed by atoms with Gasteiger partial charge < -0.3 is 0 Å². The number of Topliss-reactive ketones (excluding diaryl/α,β-unsaturated/α-hetero) is 1. The van der Waals surface area contributed by atoms with Crippen LogP contribution in [0, 0.1) is 5.82 Å². The first kappa shape index (κ1) is 14.4. The van der Waals surface area contributed by atoms with Gasteiger partial charge in [-0.2, -0.15) is 0 Å². The van der Waals surface area contributed by atoms with Crippen LogP contribution in [0.1, 0.15) is 15.9 Å². The van der Waals surface area contributed by atoms with Crippen LogP contribution in [0.15, 0.2) is 53.4 Å². The molecule has 3 nitrogen and oxygen atoms in total. The molecular weight excluding hydrogens is 279 g/mol. The van der Waals surface area contributed by atoms with Gasteiger partial charge in [-0.25, -0.2) is 12.8 Å². The van der Waals surface area contributed by atoms with Crippen LogP contribution < -0.4 is 0 Å². The van der Waals surface area contributed by atoms with Gasteiger partial charge in [0.25, 0.3) is 0 Å². The van der Waals surface area contributed by atoms with E-state index in [4.69, 9.17) is 0 Å². The van der Waals surface area contributed by atoms with Crippen LogP contribution in [0.2, 0.25) is 0 Å². The third-order valence-corrected chi connectivity index (χ3v) is 3.95. The summed E-state index contributed by atoms with van der Waals surface area (Å²) >= 11 is 0. The Labute approximate surface area is 117 Å². The molecule has 0 spiro atoms. The molecule has 2 rings (SSSR count). The van der Waals surface area contributed by atoms with E-state index in [1.165, 1.54) is 36.4 Å². The zero-order valence-corrected chi connectivity index (χ0v) is 11.7. The maximum absolute atomic E-state index is 13.0. The van der Waals surface area contributed by atoms with Crippen molar-refractivity contribution in [3.05, 3.63) is 65.5 Å². The predicted molar refractivity (Wildman–Crippen MR) is 74.0 cm³/mol. The molecule has 0 radical (unpaired) electrons. The molecule has 0 N–H and O–H groups in total. The molecule has 0 saturated heterocycles. The Hall–Kier alpha value is -2.01. The summed E-state index contributed by atoms with van der Waals surface area (Å²) in [6, 6.07) is 11.6. The van der Waals surface area contributed by atoms with Crippen molar-refractivity contribution in [2.24, 2.45) is 0 Å². The molecule has 2 aromatic carbocycles. The lowest BCUT2D eigenvalue weighted by Crippen LogP contribution is -2.06. The van der Waals surface area contributed by atoms with Gasteiger partial charge in [0.2, 0.25) is 0 Å². The van der Waals surface area contributed by atoms with Crippen LogP contribution in [0.3, 0.4) is 0 Å². The van der Waals surface area contributed by atoms with E-state index in [1.54, 1.807) is 12.1 Å². The minimum absolute atomic E-state index is 0.0327. The Bertz CT molecular complexity index is 751. The topological polar surface area (TPSA) is 51.2 Å². The first-order valence-corrected chi connectivity index (χ1v) is 7.83. The standard InChI is InChI=1S/C15H13FO3S/c1-20(18,19)14-7-3-5-12(10-14)15(17)9-11-4-2-6-13(16)8-11/h2-8,10H,9H2,1H3. The number of rotatable bonds is 4. The van der Waals surface area contributed by atoms with E-state index in [1.807, 2.05) is 0 Å². The minimum Gasteiger partial charge on any atom is -0.294 e. The molecule has 0 atom stereocenters. The van der Waals surface area contributed by atoms with Crippen molar-refractivity contribution in [3.63, 3.8) is 0 Å². The van der Waals surface area contributed by atoms with Crippen molar-refractivity contribution in [3.8, 4) is 0 Å². The van der Waals surface area contributed by atoms with Crippen molar-refractivity contribution in [1.82, 2.24) is 0 Å². The lowest BCUT2D eigenvalue weighted by Gasteiger charge is -2.04. The number of sulfone groups is 1. The smallest absolute Gasteiger partial charge is 0.175 e. The van der Waals surface area contributed by atoms with Crippen LogP contribution in [-0.2, 0) is 16.3 Å². The van der Waals surface area contributed by atoms with Gasteiger partial charge in [0.15, 0.2) is 15.6 Å². The maximum atomic E-state index is 13.0. The number of benzene rings is 2. The summed E-state index contributed by atoms with van der Waals surface area (Å²) in [5.41, 5.74) is 0.858. The SMILES string of the molecule is CS(=O)(=O)c1cccc(C(=O)Cc2cccc(F)c2)c1. The predicted octanol–water partition coefficient (Wildman–Crippen LogP) is 2.65. The minimum atomic E-state index is -3.35. The van der Waals surface area contributed by atoms with Crippen LogP contribution in [0.25, 0.3) is 0 Å². The van der Waals surface area contributed by atoms with E-state index in [-0.39, 0.29) is 17.1 Å². The van der Waals surface area contributed by atoms with E-state index in [9.17, 15) is 17.6 Å². The Morgan fingerprint density at radius 2 is 1.80 bits per heavy atom. The highest BCUT2D eigenvalue weighted by Crippen LogP contribution is 2.14. The number of carbonyl (C=O) groups is 1. The highest BCUT2D eigenvalue weighted by atomic mass is 32.2. The first-order chi connectivity index (χ1) is 9.36. The van der Waals surface area contributed by atoms with Gasteiger partial charge in [0.1, 0.15) is 5.82 Å². The third kappa shape index (κ3) is 3.51. The Morgan fingerprint density at radius 3 is 2.45 bits per heavy atom. The second-order valence-electron chi connectivity index (χ2n) is 4.53. The summed E-state index contributed by atoms with van der Waals surface area (Å²) in [5.74, 6) is -0.652. The number of hydrogen-bond acceptors (Lipinski definition) is 3. The molecule has 104 valence electrons. The van der Waals surface area contributed by atoms with Crippen molar-refractivity contribution in [2.45, 2.75) is 11.3 Å². The van der Waals surface area contributed by atoms with Crippen LogP contribution >= 0.6 is 0 Å². The number of halogens is 1. The summed E-state index contributed by atoms with van der Waals surface area (Å²) < 4.78 is 35.9. The van der Waals surface area contributed by atoms with Gasteiger partial charge in [0, 0.05) is 18.2 Å². The van der Waals surface area contributed by atoms with Crippen molar-refractivity contribution in [2.75, 3.05) is 6.26 Å². The molecular formula is C15H13FO3S. The number of carbonyl (C=O) groups excluding carboxylic acids is 1. The first-order valence-electron chi connectivity index (χ1n) is 5.94. The van der Waals surface area contributed by atoms with Gasteiger partial charge in [0.05, 0.1) is 4.90 Å². The lowest BCUT2D eigenvalue weighted by atomic mass is 10.0. The molecule has 5 heteroatoms. The van der Waals surface area contributed by atoms with Gasteiger partial charge >= 0.3 is 0 Å². The van der Waals surface area contributed by atoms with E-state index in [2.05, 4.69) is 0 Å². The van der Waals surface area contributed by atoms with Crippen molar-refractivity contribution < 1.29 is 17.6 Å². The molecule has 0 fully saturated rings. The molecule has 2 aromatic rings. The van der Waals surface area contributed by atoms with Crippen LogP contribution in [0.5, 0.6) is 0 Å². The Balaban J connectivity index is 2.26. The molecule has 0 amide bonds. The van der Waals surface area contributed by atoms with E-state index < -0.39 is 15.7 Å². The molecule has 0 aliphatic carbocycles. The lowest BCUT2D eigenvalue weighted by molar-refractivity contribution is 0.0992. The van der Waals surface area contributed by atoms with Crippen LogP contribution in [-0.4, -0.2) is 20.5 Å². The van der Waals surface area contributed by atoms with E-state index in [0.717, 1.165) is 6.26 Å². The van der Waals surface area contributed by atoms with Gasteiger partial charge in [-0.15, -0.1) is 0 Å². The summed E-state index contributed by atoms with van der Waals surface area (Å²) in [5, 5.41) is 0. The number of ketones is 1. The highest BCUT2D eigenvalue weighted by Gasteiger charge is 2.12. The Morgan fingerprint density at radius 1 is 1.10 bits per heavy atom. The van der Waals surface area contributed by atoms with E-state index >= 15 is 0 Å². The van der Waals surface area contributed by atoms with Gasteiger partial charge in [-0.1, -0.05) is 24.3 Å². The summed E-state index contributed by atoms with van der Waals surface area (Å²) in [6.45, 7) is 0. The zero-order valence-electron chi connectivity index (χ0n) is 10.8. The largest absolute Gasteiger partial charge is 0.294 e. The normalized spacial score (nSPS) is 11.3. The van der Waals surface area contributed by atoms with Crippen molar-refractivity contribution >= 4 is 15.6 Å². The quantitative estimate of drug-likeness (QED) is 0.814. The third-order valence-electron chi connectivity index (χ3n) is 2.84. The fraction of sp³-hybridized carbons (Fsp3) is 0.133. The van der Waals surface area contributed by atoms with Crippen molar-refractivity contribution in [1.29, 1.82) is 0 Å². The van der Waals surface area contributed by atoms with Gasteiger partial charge in [-0.3, -0.25) is 4.79 Å². The molecule has 0 saturated carbocycles. The molecule has 20 heavy (non-hydrogen) atoms. The van der Waals surface area contributed by atoms with E-state index in [0.29, 0.717) is 11.1 Å². The average molecular weight is 292 g/mol. The fourth-order valence-electron chi connectivity index (χ4n) is 1.83. The monoisotopic (exact) mass is 292 g/mol. The summed E-state index contributed by atoms with van der Waals surface area (Å²) in [7, 11) is -3.35. The second kappa shape index (κ2) is 5.54. The maximum Gasteiger partial charge on any atom is 0.175 e. The molecule has 0 aliphatic rings. The second-order valence-corrected chi connectivity index (χ2v) is 6.55. The Kier molecular flexibility index (Phi) is 3.99.